The molecule has 0 bridgehead atoms. The van der Waals surface area contributed by atoms with Crippen molar-refractivity contribution in [2.45, 2.75) is 39.2 Å². The molecule has 2 atom stereocenters. The van der Waals surface area contributed by atoms with Gasteiger partial charge in [0.25, 0.3) is 0 Å². The van der Waals surface area contributed by atoms with Crippen molar-refractivity contribution >= 4 is 5.97 Å². The molecule has 1 N–H and O–H groups in total. The number of carbonyl (C=O) groups excluding carboxylic acids is 1. The van der Waals surface area contributed by atoms with E-state index in [0.29, 0.717) is 19.1 Å². The highest BCUT2D eigenvalue weighted by molar-refractivity contribution is 5.69. The van der Waals surface area contributed by atoms with E-state index in [9.17, 15) is 4.79 Å². The first-order chi connectivity index (χ1) is 6.22. The van der Waals surface area contributed by atoms with Gasteiger partial charge in [0, 0.05) is 12.5 Å². The second-order valence-corrected chi connectivity index (χ2v) is 3.79. The Bertz CT molecular complexity index is 170. The predicted molar refractivity (Wildman–Crippen MR) is 51.4 cm³/mol. The van der Waals surface area contributed by atoms with Crippen LogP contribution in [0.4, 0.5) is 0 Å². The van der Waals surface area contributed by atoms with Crippen molar-refractivity contribution in [3.63, 3.8) is 0 Å². The molecule has 0 saturated carbocycles. The zero-order chi connectivity index (χ0) is 9.68. The number of esters is 1. The van der Waals surface area contributed by atoms with E-state index >= 15 is 0 Å². The maximum absolute atomic E-state index is 11.0. The van der Waals surface area contributed by atoms with Gasteiger partial charge in [-0.25, -0.2) is 0 Å². The molecule has 1 rings (SSSR count). The molecule has 13 heavy (non-hydrogen) atoms. The zero-order valence-electron chi connectivity index (χ0n) is 8.51. The van der Waals surface area contributed by atoms with Crippen LogP contribution in [0.15, 0.2) is 0 Å². The van der Waals surface area contributed by atoms with Gasteiger partial charge in [0.2, 0.25) is 0 Å². The summed E-state index contributed by atoms with van der Waals surface area (Å²) < 4.78 is 4.86. The lowest BCUT2D eigenvalue weighted by Gasteiger charge is -2.08. The number of hydrogen-bond donors (Lipinski definition) is 1. The van der Waals surface area contributed by atoms with E-state index in [0.717, 1.165) is 18.9 Å². The number of ether oxygens (including phenoxy) is 1. The lowest BCUT2D eigenvalue weighted by Crippen LogP contribution is -2.22. The first-order valence-corrected chi connectivity index (χ1v) is 5.11. The van der Waals surface area contributed by atoms with Crippen molar-refractivity contribution in [1.82, 2.24) is 5.32 Å². The highest BCUT2D eigenvalue weighted by atomic mass is 16.5. The van der Waals surface area contributed by atoms with Crippen molar-refractivity contribution in [1.29, 1.82) is 0 Å². The Balaban J connectivity index is 2.09. The minimum absolute atomic E-state index is 0.0659. The van der Waals surface area contributed by atoms with Crippen LogP contribution in [0, 0.1) is 5.92 Å². The maximum atomic E-state index is 11.0. The fraction of sp³-hybridized carbons (Fsp3) is 0.900. The van der Waals surface area contributed by atoms with Crippen molar-refractivity contribution < 1.29 is 9.53 Å². The van der Waals surface area contributed by atoms with Crippen molar-refractivity contribution in [2.24, 2.45) is 5.92 Å². The van der Waals surface area contributed by atoms with Crippen molar-refractivity contribution in [3.8, 4) is 0 Å². The largest absolute Gasteiger partial charge is 0.466 e. The lowest BCUT2D eigenvalue weighted by atomic mass is 10.0. The van der Waals surface area contributed by atoms with Crippen LogP contribution < -0.4 is 5.32 Å². The van der Waals surface area contributed by atoms with Gasteiger partial charge in [-0.1, -0.05) is 6.92 Å². The highest BCUT2D eigenvalue weighted by Crippen LogP contribution is 2.16. The molecule has 0 amide bonds. The van der Waals surface area contributed by atoms with Crippen LogP contribution in [0.5, 0.6) is 0 Å². The summed E-state index contributed by atoms with van der Waals surface area (Å²) in [4.78, 5) is 11.0. The summed E-state index contributed by atoms with van der Waals surface area (Å²) >= 11 is 0. The molecule has 76 valence electrons. The smallest absolute Gasteiger partial charge is 0.305 e. The molecule has 0 aliphatic carbocycles. The van der Waals surface area contributed by atoms with Crippen LogP contribution >= 0.6 is 0 Å². The highest BCUT2D eigenvalue weighted by Gasteiger charge is 2.20. The van der Waals surface area contributed by atoms with Gasteiger partial charge < -0.3 is 10.1 Å². The van der Waals surface area contributed by atoms with E-state index in [1.807, 2.05) is 6.92 Å². The van der Waals surface area contributed by atoms with Crippen LogP contribution in [0.3, 0.4) is 0 Å². The standard InChI is InChI=1S/C10H19NO2/c1-3-13-10(12)5-4-9-6-8(2)7-11-9/h8-9,11H,3-7H2,1-2H3/t8-,9-/m1/s1. The Labute approximate surface area is 79.8 Å². The fourth-order valence-electron chi connectivity index (χ4n) is 1.77. The van der Waals surface area contributed by atoms with E-state index in [4.69, 9.17) is 4.74 Å². The third-order valence-electron chi connectivity index (χ3n) is 2.44. The van der Waals surface area contributed by atoms with Gasteiger partial charge in [-0.15, -0.1) is 0 Å². The third kappa shape index (κ3) is 3.77. The molecule has 0 unspecified atom stereocenters. The van der Waals surface area contributed by atoms with Gasteiger partial charge in [-0.05, 0) is 32.2 Å². The van der Waals surface area contributed by atoms with Crippen molar-refractivity contribution in [3.05, 3.63) is 0 Å². The van der Waals surface area contributed by atoms with E-state index < -0.39 is 0 Å². The van der Waals surface area contributed by atoms with Crippen LogP contribution in [-0.4, -0.2) is 25.2 Å². The van der Waals surface area contributed by atoms with E-state index in [-0.39, 0.29) is 5.97 Å². The maximum Gasteiger partial charge on any atom is 0.305 e. The Kier molecular flexibility index (Phi) is 4.22. The van der Waals surface area contributed by atoms with Crippen LogP contribution in [0.2, 0.25) is 0 Å². The Morgan fingerprint density at radius 2 is 2.38 bits per heavy atom. The summed E-state index contributed by atoms with van der Waals surface area (Å²) in [6, 6.07) is 0.527. The lowest BCUT2D eigenvalue weighted by molar-refractivity contribution is -0.143. The quantitative estimate of drug-likeness (QED) is 0.671. The topological polar surface area (TPSA) is 38.3 Å². The number of hydrogen-bond acceptors (Lipinski definition) is 3. The minimum atomic E-state index is -0.0659. The molecule has 0 aromatic carbocycles. The number of rotatable bonds is 4. The molecule has 1 fully saturated rings. The number of carbonyl (C=O) groups is 1. The molecular formula is C10H19NO2. The molecule has 1 aliphatic heterocycles. The van der Waals surface area contributed by atoms with Gasteiger partial charge in [0.15, 0.2) is 0 Å². The SMILES string of the molecule is CCOC(=O)CC[C@@H]1C[C@@H](C)CN1. The average molecular weight is 185 g/mol. The third-order valence-corrected chi connectivity index (χ3v) is 2.44. The predicted octanol–water partition coefficient (Wildman–Crippen LogP) is 1.33. The van der Waals surface area contributed by atoms with Gasteiger partial charge in [0.05, 0.1) is 6.61 Å². The molecule has 0 aromatic heterocycles. The van der Waals surface area contributed by atoms with E-state index in [2.05, 4.69) is 12.2 Å². The van der Waals surface area contributed by atoms with Gasteiger partial charge in [0.1, 0.15) is 0 Å². The molecule has 0 aromatic rings. The molecule has 1 heterocycles. The summed E-state index contributed by atoms with van der Waals surface area (Å²) in [5.41, 5.74) is 0. The second-order valence-electron chi connectivity index (χ2n) is 3.79. The summed E-state index contributed by atoms with van der Waals surface area (Å²) in [5, 5.41) is 3.40. The summed E-state index contributed by atoms with van der Waals surface area (Å²) in [6.07, 6.45) is 2.67. The molecule has 3 heteroatoms. The first kappa shape index (κ1) is 10.5. The Hall–Kier alpha value is -0.570. The normalized spacial score (nSPS) is 27.5. The summed E-state index contributed by atoms with van der Waals surface area (Å²) in [7, 11) is 0. The zero-order valence-corrected chi connectivity index (χ0v) is 8.51. The molecule has 1 aliphatic rings. The van der Waals surface area contributed by atoms with Crippen LogP contribution in [0.1, 0.15) is 33.1 Å². The summed E-state index contributed by atoms with van der Waals surface area (Å²) in [6.45, 7) is 5.66. The monoisotopic (exact) mass is 185 g/mol. The molecule has 1 saturated heterocycles. The van der Waals surface area contributed by atoms with Crippen molar-refractivity contribution in [2.75, 3.05) is 13.2 Å². The molecule has 0 spiro atoms. The first-order valence-electron chi connectivity index (χ1n) is 5.11. The van der Waals surface area contributed by atoms with E-state index in [1.165, 1.54) is 6.42 Å². The summed E-state index contributed by atoms with van der Waals surface area (Å²) in [5.74, 6) is 0.691. The molecule has 3 nitrogen and oxygen atoms in total. The Morgan fingerprint density at radius 3 is 2.92 bits per heavy atom. The Morgan fingerprint density at radius 1 is 1.62 bits per heavy atom. The fourth-order valence-corrected chi connectivity index (χ4v) is 1.77. The van der Waals surface area contributed by atoms with Crippen LogP contribution in [-0.2, 0) is 9.53 Å². The van der Waals surface area contributed by atoms with E-state index in [1.54, 1.807) is 0 Å². The van der Waals surface area contributed by atoms with Gasteiger partial charge in [-0.3, -0.25) is 4.79 Å². The minimum Gasteiger partial charge on any atom is -0.466 e. The average Bonchev–Trinajstić information content (AvgIpc) is 2.49. The second kappa shape index (κ2) is 5.22. The molecular weight excluding hydrogens is 166 g/mol. The van der Waals surface area contributed by atoms with Crippen LogP contribution in [0.25, 0.3) is 0 Å². The molecule has 0 radical (unpaired) electrons. The number of nitrogens with one attached hydrogen (secondary N) is 1. The van der Waals surface area contributed by atoms with Gasteiger partial charge >= 0.3 is 5.97 Å². The van der Waals surface area contributed by atoms with Gasteiger partial charge in [-0.2, -0.15) is 0 Å².